The number of halogens is 5. The van der Waals surface area contributed by atoms with Gasteiger partial charge in [-0.05, 0) is 74.4 Å². The normalized spacial score (nSPS) is 14.2. The molecule has 0 aliphatic carbocycles. The number of aromatic nitrogens is 2. The number of rotatable bonds is 10. The monoisotopic (exact) mass is 892 g/mol. The predicted molar refractivity (Wildman–Crippen MR) is 205 cm³/mol. The third-order valence-corrected chi connectivity index (χ3v) is 12.0. The summed E-state index contributed by atoms with van der Waals surface area (Å²) in [6.45, 7) is 3.17. The smallest absolute Gasteiger partial charge is 0.382 e. The van der Waals surface area contributed by atoms with Crippen molar-refractivity contribution in [1.82, 2.24) is 20.0 Å². The summed E-state index contributed by atoms with van der Waals surface area (Å²) in [6.07, 6.45) is -3.10. The van der Waals surface area contributed by atoms with Crippen molar-refractivity contribution >= 4 is 70.2 Å². The molecule has 1 aliphatic heterocycles. The first kappa shape index (κ1) is 43.8. The lowest BCUT2D eigenvalue weighted by Gasteiger charge is -2.26. The molecular formula is C35H33Cl2F3N4O10S3. The van der Waals surface area contributed by atoms with Gasteiger partial charge in [0, 0.05) is 40.1 Å². The van der Waals surface area contributed by atoms with Crippen molar-refractivity contribution in [2.45, 2.75) is 48.6 Å². The largest absolute Gasteiger partial charge is 0.390 e. The van der Waals surface area contributed by atoms with E-state index < -0.39 is 64.4 Å². The molecule has 1 fully saturated rings. The highest BCUT2D eigenvalue weighted by Crippen LogP contribution is 2.34. The van der Waals surface area contributed by atoms with Crippen molar-refractivity contribution in [3.05, 3.63) is 100 Å². The average Bonchev–Trinajstić information content (AvgIpc) is 3.46. The molecule has 6 rings (SSSR count). The van der Waals surface area contributed by atoms with Crippen LogP contribution < -0.4 is 9.61 Å². The molecule has 1 aliphatic rings. The summed E-state index contributed by atoms with van der Waals surface area (Å²) in [6, 6.07) is 18.0. The number of piperidine rings is 1. The zero-order valence-electron chi connectivity index (χ0n) is 29.6. The lowest BCUT2D eigenvalue weighted by Crippen LogP contribution is -2.45. The number of nitrogens with one attached hydrogen (secondary N) is 1. The SMILES string of the molecule is Cc1c(C(=O)NN2CCCCC2)nc(-c2ccc(Cl)cc2Cl)n1-c1ccc(OS(=O)(=O)CCC(F)(F)F)cc1.O=S(=O)(O)c1cccc2c(S(=O)(=O)O)cccc12. The Morgan fingerprint density at radius 1 is 0.842 bits per heavy atom. The van der Waals surface area contributed by atoms with E-state index >= 15 is 0 Å². The third kappa shape index (κ3) is 11.2. The van der Waals surface area contributed by atoms with E-state index in [1.54, 1.807) is 29.7 Å². The minimum absolute atomic E-state index is 0.0233. The van der Waals surface area contributed by atoms with Gasteiger partial charge < -0.3 is 4.18 Å². The molecule has 57 heavy (non-hydrogen) atoms. The third-order valence-electron chi connectivity index (χ3n) is 8.46. The van der Waals surface area contributed by atoms with Crippen LogP contribution in [-0.2, 0) is 30.4 Å². The predicted octanol–water partition coefficient (Wildman–Crippen LogP) is 7.28. The van der Waals surface area contributed by atoms with E-state index in [1.807, 2.05) is 5.01 Å². The van der Waals surface area contributed by atoms with E-state index in [4.69, 9.17) is 36.5 Å². The summed E-state index contributed by atoms with van der Waals surface area (Å²) in [5.41, 5.74) is 4.53. The number of fused-ring (bicyclic) bond motifs is 1. The van der Waals surface area contributed by atoms with Gasteiger partial charge in [-0.3, -0.25) is 23.9 Å². The Kier molecular flexibility index (Phi) is 13.3. The summed E-state index contributed by atoms with van der Waals surface area (Å²) < 4.78 is 131. The second-order valence-electron chi connectivity index (χ2n) is 12.6. The zero-order chi connectivity index (χ0) is 41.9. The molecule has 306 valence electrons. The topological polar surface area (TPSA) is 202 Å². The van der Waals surface area contributed by atoms with Crippen LogP contribution in [0.2, 0.25) is 10.0 Å². The van der Waals surface area contributed by atoms with Gasteiger partial charge in [0.2, 0.25) is 0 Å². The molecule has 0 spiro atoms. The van der Waals surface area contributed by atoms with Gasteiger partial charge in [-0.1, -0.05) is 53.9 Å². The van der Waals surface area contributed by atoms with E-state index in [9.17, 15) is 43.2 Å². The molecule has 0 saturated carbocycles. The molecule has 0 unspecified atom stereocenters. The Bertz CT molecular complexity index is 2570. The number of benzene rings is 4. The molecular weight excluding hydrogens is 861 g/mol. The van der Waals surface area contributed by atoms with Crippen molar-refractivity contribution in [3.8, 4) is 22.8 Å². The highest BCUT2D eigenvalue weighted by Gasteiger charge is 2.31. The van der Waals surface area contributed by atoms with Gasteiger partial charge in [-0.2, -0.15) is 38.4 Å². The van der Waals surface area contributed by atoms with Gasteiger partial charge in [0.05, 0.1) is 22.9 Å². The number of carbonyl (C=O) groups excluding carboxylic acids is 1. The summed E-state index contributed by atoms with van der Waals surface area (Å²) in [5.74, 6) is -1.42. The summed E-state index contributed by atoms with van der Waals surface area (Å²) in [7, 11) is -13.4. The first-order valence-electron chi connectivity index (χ1n) is 16.7. The first-order valence-corrected chi connectivity index (χ1v) is 21.9. The van der Waals surface area contributed by atoms with Crippen molar-refractivity contribution in [3.63, 3.8) is 0 Å². The van der Waals surface area contributed by atoms with Crippen LogP contribution in [0.25, 0.3) is 27.8 Å². The number of imidazole rings is 1. The van der Waals surface area contributed by atoms with Gasteiger partial charge in [0.25, 0.3) is 26.1 Å². The Balaban J connectivity index is 0.000000287. The maximum Gasteiger partial charge on any atom is 0.390 e. The van der Waals surface area contributed by atoms with E-state index in [-0.39, 0.29) is 22.2 Å². The molecule has 1 amide bonds. The Morgan fingerprint density at radius 3 is 1.91 bits per heavy atom. The quantitative estimate of drug-likeness (QED) is 0.0936. The first-order chi connectivity index (χ1) is 26.5. The van der Waals surface area contributed by atoms with Crippen molar-refractivity contribution < 1.29 is 56.5 Å². The number of hydrogen-bond donors (Lipinski definition) is 3. The second kappa shape index (κ2) is 17.3. The second-order valence-corrected chi connectivity index (χ2v) is 17.9. The number of hydrogen-bond acceptors (Lipinski definition) is 10. The summed E-state index contributed by atoms with van der Waals surface area (Å²) in [4.78, 5) is 17.0. The lowest BCUT2D eigenvalue weighted by atomic mass is 10.1. The molecule has 0 atom stereocenters. The molecule has 14 nitrogen and oxygen atoms in total. The standard InChI is InChI=1S/C25H25Cl2F3N4O4S.C10H8O6S2/c1-16-22(24(35)32-33-12-3-2-4-13-33)31-23(20-10-5-17(26)15-21(20)27)34(16)18-6-8-19(9-7-18)38-39(36,37)14-11-25(28,29)30;11-17(12,13)9-5-1-3-7-8(9)4-2-6-10(7)18(14,15)16/h5-10,15H,2-4,11-14H2,1H3,(H,32,35);1-6H,(H,11,12,13)(H,14,15,16). The number of amides is 1. The van der Waals surface area contributed by atoms with Crippen LogP contribution in [0.15, 0.2) is 88.7 Å². The minimum atomic E-state index is -4.63. The maximum atomic E-state index is 13.2. The Morgan fingerprint density at radius 2 is 1.40 bits per heavy atom. The maximum absolute atomic E-state index is 13.2. The van der Waals surface area contributed by atoms with E-state index in [0.29, 0.717) is 32.8 Å². The fraction of sp³-hybridized carbons (Fsp3) is 0.257. The van der Waals surface area contributed by atoms with Crippen LogP contribution >= 0.6 is 23.2 Å². The molecule has 1 aromatic heterocycles. The van der Waals surface area contributed by atoms with E-state index in [0.717, 1.165) is 44.5 Å². The molecule has 0 radical (unpaired) electrons. The highest BCUT2D eigenvalue weighted by atomic mass is 35.5. The fourth-order valence-electron chi connectivity index (χ4n) is 5.87. The van der Waals surface area contributed by atoms with E-state index in [2.05, 4.69) is 10.4 Å². The molecule has 5 aromatic rings. The molecule has 3 N–H and O–H groups in total. The Hall–Kier alpha value is -4.28. The van der Waals surface area contributed by atoms with Crippen LogP contribution in [0, 0.1) is 6.92 Å². The molecule has 0 bridgehead atoms. The van der Waals surface area contributed by atoms with Crippen molar-refractivity contribution in [2.24, 2.45) is 0 Å². The van der Waals surface area contributed by atoms with Gasteiger partial charge in [-0.25, -0.2) is 9.99 Å². The highest BCUT2D eigenvalue weighted by molar-refractivity contribution is 7.87. The molecule has 22 heteroatoms. The van der Waals surface area contributed by atoms with Crippen LogP contribution in [-0.4, -0.2) is 79.8 Å². The average molecular weight is 894 g/mol. The van der Waals surface area contributed by atoms with Crippen LogP contribution in [0.4, 0.5) is 13.2 Å². The molecule has 4 aromatic carbocycles. The number of carbonyl (C=O) groups is 1. The van der Waals surface area contributed by atoms with Crippen LogP contribution in [0.3, 0.4) is 0 Å². The summed E-state index contributed by atoms with van der Waals surface area (Å²) >= 11 is 12.5. The fourth-order valence-corrected chi connectivity index (χ4v) is 8.74. The number of hydrazine groups is 1. The lowest BCUT2D eigenvalue weighted by molar-refractivity contribution is -0.130. The van der Waals surface area contributed by atoms with Gasteiger partial charge in [0.1, 0.15) is 21.4 Å². The van der Waals surface area contributed by atoms with Crippen LogP contribution in [0.1, 0.15) is 41.9 Å². The van der Waals surface area contributed by atoms with Crippen molar-refractivity contribution in [2.75, 3.05) is 18.8 Å². The number of nitrogens with zero attached hydrogens (tertiary/aromatic N) is 3. The van der Waals surface area contributed by atoms with Gasteiger partial charge in [0.15, 0.2) is 5.69 Å². The van der Waals surface area contributed by atoms with E-state index in [1.165, 1.54) is 48.5 Å². The van der Waals surface area contributed by atoms with Crippen LogP contribution in [0.5, 0.6) is 5.75 Å². The van der Waals surface area contributed by atoms with Crippen molar-refractivity contribution in [1.29, 1.82) is 0 Å². The number of alkyl halides is 3. The van der Waals surface area contributed by atoms with Gasteiger partial charge >= 0.3 is 16.3 Å². The molecule has 1 saturated heterocycles. The zero-order valence-corrected chi connectivity index (χ0v) is 33.5. The summed E-state index contributed by atoms with van der Waals surface area (Å²) in [5, 5.41) is 2.61. The van der Waals surface area contributed by atoms with Gasteiger partial charge in [-0.15, -0.1) is 0 Å². The molecule has 2 heterocycles. The minimum Gasteiger partial charge on any atom is -0.382 e. The Labute approximate surface area is 335 Å².